The fourth-order valence-electron chi connectivity index (χ4n) is 0.671. The van der Waals surface area contributed by atoms with Crippen LogP contribution in [0.25, 0.3) is 0 Å². The molecule has 2 heteroatoms. The largest absolute Gasteiger partial charge is 0.466 e. The monoisotopic (exact) mass is 154 g/mol. The maximum absolute atomic E-state index is 10.8. The number of allylic oxidation sites excluding steroid dienone is 2. The molecule has 0 rings (SSSR count). The minimum Gasteiger partial charge on any atom is -0.466 e. The van der Waals surface area contributed by atoms with Gasteiger partial charge in [0.1, 0.15) is 0 Å². The minimum absolute atomic E-state index is 0.311. The van der Waals surface area contributed by atoms with Gasteiger partial charge in [0.2, 0.25) is 0 Å². The van der Waals surface area contributed by atoms with Crippen LogP contribution in [0.4, 0.5) is 0 Å². The van der Waals surface area contributed by atoms with Crippen molar-refractivity contribution < 1.29 is 9.53 Å². The van der Waals surface area contributed by atoms with E-state index in [2.05, 4.69) is 11.3 Å². The number of carbonyl (C=O) groups is 1. The normalized spacial score (nSPS) is 10.0. The number of methoxy groups -OCH3 is 1. The fraction of sp³-hybridized carbons (Fsp3) is 0.444. The maximum atomic E-state index is 10.8. The molecule has 0 aliphatic carbocycles. The van der Waals surface area contributed by atoms with E-state index in [0.717, 1.165) is 6.42 Å². The predicted octanol–water partition coefficient (Wildman–Crippen LogP) is 2.07. The Morgan fingerprint density at radius 3 is 2.73 bits per heavy atom. The summed E-state index contributed by atoms with van der Waals surface area (Å²) in [4.78, 5) is 10.8. The number of carbonyl (C=O) groups excluding carboxylic acids is 1. The minimum atomic E-state index is -0.311. The Morgan fingerprint density at radius 2 is 2.27 bits per heavy atom. The molecule has 0 aliphatic heterocycles. The highest BCUT2D eigenvalue weighted by atomic mass is 16.5. The summed E-state index contributed by atoms with van der Waals surface area (Å²) in [5.74, 6) is -0.311. The molecule has 0 aromatic carbocycles. The molecule has 0 saturated carbocycles. The Bertz CT molecular complexity index is 168. The molecule has 0 fully saturated rings. The number of rotatable bonds is 4. The third kappa shape index (κ3) is 4.37. The zero-order chi connectivity index (χ0) is 8.69. The van der Waals surface area contributed by atoms with Gasteiger partial charge in [-0.15, -0.1) is 0 Å². The second-order valence-electron chi connectivity index (χ2n) is 2.20. The lowest BCUT2D eigenvalue weighted by atomic mass is 10.1. The molecule has 0 atom stereocenters. The third-order valence-electron chi connectivity index (χ3n) is 1.32. The van der Waals surface area contributed by atoms with Gasteiger partial charge in [-0.25, -0.2) is 4.79 Å². The van der Waals surface area contributed by atoms with Crippen molar-refractivity contribution in [2.75, 3.05) is 7.11 Å². The number of esters is 1. The van der Waals surface area contributed by atoms with Crippen molar-refractivity contribution in [1.82, 2.24) is 0 Å². The van der Waals surface area contributed by atoms with Crippen LogP contribution in [0.1, 0.15) is 19.8 Å². The molecule has 0 radical (unpaired) electrons. The summed E-state index contributed by atoms with van der Waals surface area (Å²) in [7, 11) is 1.36. The Balaban J connectivity index is 3.61. The molecule has 0 aromatic rings. The van der Waals surface area contributed by atoms with Gasteiger partial charge in [0, 0.05) is 5.57 Å². The van der Waals surface area contributed by atoms with Crippen LogP contribution < -0.4 is 0 Å². The Kier molecular flexibility index (Phi) is 5.17. The summed E-state index contributed by atoms with van der Waals surface area (Å²) in [5.41, 5.74) is 0.533. The van der Waals surface area contributed by atoms with E-state index in [1.807, 2.05) is 19.1 Å². The van der Waals surface area contributed by atoms with Gasteiger partial charge in [-0.05, 0) is 19.8 Å². The molecule has 0 spiro atoms. The van der Waals surface area contributed by atoms with Crippen molar-refractivity contribution in [2.24, 2.45) is 0 Å². The van der Waals surface area contributed by atoms with E-state index in [1.165, 1.54) is 7.11 Å². The predicted molar refractivity (Wildman–Crippen MR) is 45.2 cm³/mol. The highest BCUT2D eigenvalue weighted by molar-refractivity contribution is 5.87. The first-order valence-electron chi connectivity index (χ1n) is 3.59. The molecule has 0 N–H and O–H groups in total. The number of ether oxygens (including phenoxy) is 1. The van der Waals surface area contributed by atoms with E-state index in [9.17, 15) is 4.79 Å². The number of hydrogen-bond acceptors (Lipinski definition) is 2. The summed E-state index contributed by atoms with van der Waals surface area (Å²) < 4.78 is 4.48. The van der Waals surface area contributed by atoms with Gasteiger partial charge in [-0.3, -0.25) is 0 Å². The standard InChI is InChI=1S/C9H14O2/c1-4-5-6-7-8(2)9(10)11-3/h4-5H,2,6-7H2,1,3H3/b5-4+. The van der Waals surface area contributed by atoms with E-state index >= 15 is 0 Å². The lowest BCUT2D eigenvalue weighted by Crippen LogP contribution is -2.02. The molecule has 0 heterocycles. The van der Waals surface area contributed by atoms with Gasteiger partial charge >= 0.3 is 5.97 Å². The molecule has 11 heavy (non-hydrogen) atoms. The third-order valence-corrected chi connectivity index (χ3v) is 1.32. The quantitative estimate of drug-likeness (QED) is 0.352. The Labute approximate surface area is 67.6 Å². The fourth-order valence-corrected chi connectivity index (χ4v) is 0.671. The van der Waals surface area contributed by atoms with Gasteiger partial charge in [-0.2, -0.15) is 0 Å². The van der Waals surface area contributed by atoms with E-state index in [1.54, 1.807) is 0 Å². The van der Waals surface area contributed by atoms with Crippen molar-refractivity contribution in [1.29, 1.82) is 0 Å². The number of hydrogen-bond donors (Lipinski definition) is 0. The lowest BCUT2D eigenvalue weighted by Gasteiger charge is -1.99. The van der Waals surface area contributed by atoms with Crippen LogP contribution in [0.2, 0.25) is 0 Å². The molecule has 62 valence electrons. The highest BCUT2D eigenvalue weighted by Crippen LogP contribution is 2.04. The zero-order valence-electron chi connectivity index (χ0n) is 7.09. The summed E-state index contributed by atoms with van der Waals surface area (Å²) in [6, 6.07) is 0. The summed E-state index contributed by atoms with van der Waals surface area (Å²) in [5, 5.41) is 0. The smallest absolute Gasteiger partial charge is 0.333 e. The van der Waals surface area contributed by atoms with Crippen LogP contribution in [0.3, 0.4) is 0 Å². The van der Waals surface area contributed by atoms with E-state index in [4.69, 9.17) is 0 Å². The van der Waals surface area contributed by atoms with Crippen LogP contribution in [0.5, 0.6) is 0 Å². The highest BCUT2D eigenvalue weighted by Gasteiger charge is 2.03. The van der Waals surface area contributed by atoms with Gasteiger partial charge < -0.3 is 4.74 Å². The first-order chi connectivity index (χ1) is 5.22. The van der Waals surface area contributed by atoms with Gasteiger partial charge in [-0.1, -0.05) is 18.7 Å². The second-order valence-corrected chi connectivity index (χ2v) is 2.20. The Morgan fingerprint density at radius 1 is 1.64 bits per heavy atom. The average molecular weight is 154 g/mol. The van der Waals surface area contributed by atoms with Crippen molar-refractivity contribution in [2.45, 2.75) is 19.8 Å². The zero-order valence-corrected chi connectivity index (χ0v) is 7.09. The van der Waals surface area contributed by atoms with Crippen LogP contribution in [-0.2, 0) is 9.53 Å². The second kappa shape index (κ2) is 5.71. The summed E-state index contributed by atoms with van der Waals surface area (Å²) >= 11 is 0. The molecule has 0 saturated heterocycles. The molecule has 0 amide bonds. The maximum Gasteiger partial charge on any atom is 0.333 e. The molecular weight excluding hydrogens is 140 g/mol. The first kappa shape index (κ1) is 9.95. The van der Waals surface area contributed by atoms with Crippen molar-refractivity contribution in [3.63, 3.8) is 0 Å². The molecule has 0 aliphatic rings. The van der Waals surface area contributed by atoms with Crippen molar-refractivity contribution >= 4 is 5.97 Å². The average Bonchev–Trinajstić information content (AvgIpc) is 2.03. The van der Waals surface area contributed by atoms with E-state index in [-0.39, 0.29) is 5.97 Å². The van der Waals surface area contributed by atoms with E-state index in [0.29, 0.717) is 12.0 Å². The molecule has 0 unspecified atom stereocenters. The van der Waals surface area contributed by atoms with Gasteiger partial charge in [0.05, 0.1) is 7.11 Å². The molecule has 0 bridgehead atoms. The van der Waals surface area contributed by atoms with Crippen LogP contribution in [-0.4, -0.2) is 13.1 Å². The van der Waals surface area contributed by atoms with E-state index < -0.39 is 0 Å². The van der Waals surface area contributed by atoms with Crippen LogP contribution in [0.15, 0.2) is 24.3 Å². The van der Waals surface area contributed by atoms with Crippen LogP contribution >= 0.6 is 0 Å². The molecule has 0 aromatic heterocycles. The summed E-state index contributed by atoms with van der Waals surface area (Å²) in [6.45, 7) is 5.53. The van der Waals surface area contributed by atoms with Gasteiger partial charge in [0.25, 0.3) is 0 Å². The lowest BCUT2D eigenvalue weighted by molar-refractivity contribution is -0.136. The molecule has 2 nitrogen and oxygen atoms in total. The van der Waals surface area contributed by atoms with Gasteiger partial charge in [0.15, 0.2) is 0 Å². The topological polar surface area (TPSA) is 26.3 Å². The van der Waals surface area contributed by atoms with Crippen molar-refractivity contribution in [3.05, 3.63) is 24.3 Å². The summed E-state index contributed by atoms with van der Waals surface area (Å²) in [6.07, 6.45) is 5.47. The van der Waals surface area contributed by atoms with Crippen LogP contribution in [0, 0.1) is 0 Å². The SMILES string of the molecule is C=C(CC/C=C/C)C(=O)OC. The molecular formula is C9H14O2. The van der Waals surface area contributed by atoms with Crippen molar-refractivity contribution in [3.8, 4) is 0 Å². The first-order valence-corrected chi connectivity index (χ1v) is 3.59. The Hall–Kier alpha value is -1.05.